The van der Waals surface area contributed by atoms with Crippen LogP contribution in [-0.4, -0.2) is 31.7 Å². The van der Waals surface area contributed by atoms with Gasteiger partial charge in [-0.1, -0.05) is 13.0 Å². The van der Waals surface area contributed by atoms with Crippen molar-refractivity contribution in [2.45, 2.75) is 24.4 Å². The zero-order chi connectivity index (χ0) is 21.7. The second-order valence-corrected chi connectivity index (χ2v) is 8.04. The Kier molecular flexibility index (Phi) is 7.00. The highest BCUT2D eigenvalue weighted by Gasteiger charge is 2.33. The van der Waals surface area contributed by atoms with E-state index in [2.05, 4.69) is 5.32 Å². The summed E-state index contributed by atoms with van der Waals surface area (Å²) in [5.74, 6) is -0.654. The topological polar surface area (TPSA) is 90.3 Å². The molecule has 0 radical (unpaired) electrons. The Morgan fingerprint density at radius 1 is 1.17 bits per heavy atom. The van der Waals surface area contributed by atoms with E-state index in [4.69, 9.17) is 5.26 Å². The smallest absolute Gasteiger partial charge is 0.325 e. The summed E-state index contributed by atoms with van der Waals surface area (Å²) in [6, 6.07) is 11.3. The standard InChI is InChI=1S/C19H18F3N3O3S/c1-2-10-25(13-18(26)24-16-8-6-14(12-23)7-9-16)29(27,28)17-5-3-4-15(11-17)19(20,21)22/h3-9,11H,2,10,13H2,1H3,(H,24,26). The number of anilines is 1. The summed E-state index contributed by atoms with van der Waals surface area (Å²) in [4.78, 5) is 11.8. The van der Waals surface area contributed by atoms with E-state index >= 15 is 0 Å². The number of nitrogens with zero attached hydrogens (tertiary/aromatic N) is 2. The van der Waals surface area contributed by atoms with E-state index in [-0.39, 0.29) is 6.54 Å². The van der Waals surface area contributed by atoms with Gasteiger partial charge in [0, 0.05) is 12.2 Å². The van der Waals surface area contributed by atoms with E-state index in [9.17, 15) is 26.4 Å². The highest BCUT2D eigenvalue weighted by molar-refractivity contribution is 7.89. The third kappa shape index (κ3) is 5.79. The number of alkyl halides is 3. The zero-order valence-corrected chi connectivity index (χ0v) is 16.2. The van der Waals surface area contributed by atoms with Crippen molar-refractivity contribution in [1.29, 1.82) is 5.26 Å². The van der Waals surface area contributed by atoms with Gasteiger partial charge in [-0.2, -0.15) is 22.7 Å². The molecule has 1 N–H and O–H groups in total. The maximum atomic E-state index is 12.9. The molecule has 0 spiro atoms. The highest BCUT2D eigenvalue weighted by atomic mass is 32.2. The van der Waals surface area contributed by atoms with Gasteiger partial charge in [-0.15, -0.1) is 0 Å². The molecule has 0 unspecified atom stereocenters. The Morgan fingerprint density at radius 3 is 2.38 bits per heavy atom. The van der Waals surface area contributed by atoms with Crippen LogP contribution in [0, 0.1) is 11.3 Å². The minimum Gasteiger partial charge on any atom is -0.325 e. The molecule has 6 nitrogen and oxygen atoms in total. The molecule has 0 heterocycles. The van der Waals surface area contributed by atoms with E-state index < -0.39 is 39.1 Å². The monoisotopic (exact) mass is 425 g/mol. The third-order valence-corrected chi connectivity index (χ3v) is 5.73. The van der Waals surface area contributed by atoms with Gasteiger partial charge in [0.15, 0.2) is 0 Å². The van der Waals surface area contributed by atoms with Gasteiger partial charge in [0.2, 0.25) is 15.9 Å². The lowest BCUT2D eigenvalue weighted by atomic mass is 10.2. The van der Waals surface area contributed by atoms with Crippen molar-refractivity contribution in [1.82, 2.24) is 4.31 Å². The molecule has 0 fully saturated rings. The molecule has 154 valence electrons. The van der Waals surface area contributed by atoms with Gasteiger partial charge in [0.25, 0.3) is 0 Å². The molecule has 0 aromatic heterocycles. The van der Waals surface area contributed by atoms with Crippen LogP contribution < -0.4 is 5.32 Å². The Labute approximate surface area is 166 Å². The highest BCUT2D eigenvalue weighted by Crippen LogP contribution is 2.31. The van der Waals surface area contributed by atoms with Gasteiger partial charge in [-0.05, 0) is 48.9 Å². The van der Waals surface area contributed by atoms with Gasteiger partial charge in [-0.25, -0.2) is 8.42 Å². The van der Waals surface area contributed by atoms with Gasteiger partial charge >= 0.3 is 6.18 Å². The van der Waals surface area contributed by atoms with Crippen molar-refractivity contribution >= 4 is 21.6 Å². The van der Waals surface area contributed by atoms with Crippen molar-refractivity contribution in [3.8, 4) is 6.07 Å². The minimum absolute atomic E-state index is 0.0423. The Hall–Kier alpha value is -2.90. The lowest BCUT2D eigenvalue weighted by molar-refractivity contribution is -0.137. The molecule has 0 saturated heterocycles. The van der Waals surface area contributed by atoms with Crippen LogP contribution in [0.1, 0.15) is 24.5 Å². The fourth-order valence-corrected chi connectivity index (χ4v) is 4.04. The number of hydrogen-bond donors (Lipinski definition) is 1. The molecule has 0 bridgehead atoms. The van der Waals surface area contributed by atoms with Gasteiger partial charge in [0.05, 0.1) is 28.6 Å². The van der Waals surface area contributed by atoms with E-state index in [0.29, 0.717) is 23.7 Å². The number of rotatable bonds is 7. The zero-order valence-electron chi connectivity index (χ0n) is 15.4. The summed E-state index contributed by atoms with van der Waals surface area (Å²) in [7, 11) is -4.31. The molecule has 0 aliphatic carbocycles. The fraction of sp³-hybridized carbons (Fsp3) is 0.263. The van der Waals surface area contributed by atoms with Crippen LogP contribution >= 0.6 is 0 Å². The normalized spacial score (nSPS) is 11.9. The molecule has 0 aliphatic heterocycles. The Balaban J connectivity index is 2.23. The lowest BCUT2D eigenvalue weighted by Crippen LogP contribution is -2.38. The van der Waals surface area contributed by atoms with Gasteiger partial charge in [-0.3, -0.25) is 4.79 Å². The van der Waals surface area contributed by atoms with Crippen LogP contribution in [0.3, 0.4) is 0 Å². The van der Waals surface area contributed by atoms with Crippen LogP contribution in [0.4, 0.5) is 18.9 Å². The number of nitrogens with one attached hydrogen (secondary N) is 1. The first kappa shape index (κ1) is 22.4. The fourth-order valence-electron chi connectivity index (χ4n) is 2.50. The second kappa shape index (κ2) is 9.07. The molecule has 0 saturated carbocycles. The molecule has 2 aromatic carbocycles. The predicted octanol–water partition coefficient (Wildman–Crippen LogP) is 3.62. The first-order valence-electron chi connectivity index (χ1n) is 8.55. The van der Waals surface area contributed by atoms with E-state index in [0.717, 1.165) is 22.5 Å². The predicted molar refractivity (Wildman–Crippen MR) is 100 cm³/mol. The molecule has 0 aliphatic rings. The molecule has 2 rings (SSSR count). The molecular formula is C19H18F3N3O3S. The van der Waals surface area contributed by atoms with E-state index in [1.165, 1.54) is 24.3 Å². The summed E-state index contributed by atoms with van der Waals surface area (Å²) in [5, 5.41) is 11.3. The van der Waals surface area contributed by atoms with Crippen molar-refractivity contribution in [3.05, 3.63) is 59.7 Å². The number of halogens is 3. The third-order valence-electron chi connectivity index (χ3n) is 3.89. The van der Waals surface area contributed by atoms with Gasteiger partial charge in [0.1, 0.15) is 0 Å². The lowest BCUT2D eigenvalue weighted by Gasteiger charge is -2.21. The average molecular weight is 425 g/mol. The first-order chi connectivity index (χ1) is 13.6. The number of benzene rings is 2. The maximum Gasteiger partial charge on any atom is 0.416 e. The SMILES string of the molecule is CCCN(CC(=O)Nc1ccc(C#N)cc1)S(=O)(=O)c1cccc(C(F)(F)F)c1. The number of amides is 1. The Bertz CT molecular complexity index is 1010. The average Bonchev–Trinajstić information content (AvgIpc) is 2.67. The quantitative estimate of drug-likeness (QED) is 0.734. The molecule has 2 aromatic rings. The summed E-state index contributed by atoms with van der Waals surface area (Å²) < 4.78 is 65.2. The van der Waals surface area contributed by atoms with Crippen LogP contribution in [0.5, 0.6) is 0 Å². The number of hydrogen-bond acceptors (Lipinski definition) is 4. The number of carbonyl (C=O) groups is 1. The molecule has 29 heavy (non-hydrogen) atoms. The largest absolute Gasteiger partial charge is 0.416 e. The first-order valence-corrected chi connectivity index (χ1v) is 9.99. The maximum absolute atomic E-state index is 12.9. The minimum atomic E-state index is -4.69. The van der Waals surface area contributed by atoms with Crippen molar-refractivity contribution in [3.63, 3.8) is 0 Å². The number of nitriles is 1. The summed E-state index contributed by atoms with van der Waals surface area (Å²) >= 11 is 0. The van der Waals surface area contributed by atoms with Crippen molar-refractivity contribution in [2.24, 2.45) is 0 Å². The summed E-state index contributed by atoms with van der Waals surface area (Å²) in [6.07, 6.45) is -4.32. The summed E-state index contributed by atoms with van der Waals surface area (Å²) in [6.45, 7) is 1.08. The molecule has 1 amide bonds. The van der Waals surface area contributed by atoms with E-state index in [1.807, 2.05) is 6.07 Å². The van der Waals surface area contributed by atoms with Crippen molar-refractivity contribution in [2.75, 3.05) is 18.4 Å². The molecule has 0 atom stereocenters. The number of carbonyl (C=O) groups excluding carboxylic acids is 1. The van der Waals surface area contributed by atoms with Crippen LogP contribution in [0.25, 0.3) is 0 Å². The van der Waals surface area contributed by atoms with Crippen LogP contribution in [0.15, 0.2) is 53.4 Å². The number of sulfonamides is 1. The second-order valence-electron chi connectivity index (χ2n) is 6.10. The van der Waals surface area contributed by atoms with Crippen LogP contribution in [0.2, 0.25) is 0 Å². The van der Waals surface area contributed by atoms with E-state index in [1.54, 1.807) is 6.92 Å². The summed E-state index contributed by atoms with van der Waals surface area (Å²) in [5.41, 5.74) is -0.332. The van der Waals surface area contributed by atoms with Crippen LogP contribution in [-0.2, 0) is 21.0 Å². The van der Waals surface area contributed by atoms with Gasteiger partial charge < -0.3 is 5.32 Å². The van der Waals surface area contributed by atoms with Crippen molar-refractivity contribution < 1.29 is 26.4 Å². The Morgan fingerprint density at radius 2 is 1.83 bits per heavy atom. The molecule has 10 heteroatoms. The molecular weight excluding hydrogens is 407 g/mol.